The molecule has 1 fully saturated rings. The highest BCUT2D eigenvalue weighted by Crippen LogP contribution is 2.19. The van der Waals surface area contributed by atoms with Gasteiger partial charge in [0.2, 0.25) is 10.0 Å². The van der Waals surface area contributed by atoms with E-state index in [1.54, 1.807) is 47.8 Å². The van der Waals surface area contributed by atoms with E-state index in [1.807, 2.05) is 12.1 Å². The Balaban J connectivity index is 1.48. The molecule has 1 heterocycles. The number of benzene rings is 2. The van der Waals surface area contributed by atoms with E-state index in [-0.39, 0.29) is 0 Å². The summed E-state index contributed by atoms with van der Waals surface area (Å²) in [6.45, 7) is 3.95. The van der Waals surface area contributed by atoms with Crippen molar-refractivity contribution < 1.29 is 22.8 Å². The molecular formula is C19H24ClN2O4S+. The molecule has 27 heavy (non-hydrogen) atoms. The Kier molecular flexibility index (Phi) is 6.59. The van der Waals surface area contributed by atoms with E-state index in [0.717, 1.165) is 25.4 Å². The van der Waals surface area contributed by atoms with E-state index in [0.29, 0.717) is 35.4 Å². The molecule has 1 saturated heterocycles. The van der Waals surface area contributed by atoms with Crippen molar-refractivity contribution in [2.75, 3.05) is 46.4 Å². The SMILES string of the molecule is COc1ccc(S(=O)(=O)N2CC[NH+](CCOc3ccc(Cl)cc3)CC2)cc1. The van der Waals surface area contributed by atoms with Crippen molar-refractivity contribution in [3.63, 3.8) is 0 Å². The van der Waals surface area contributed by atoms with E-state index in [1.165, 1.54) is 4.90 Å². The summed E-state index contributed by atoms with van der Waals surface area (Å²) in [5.74, 6) is 1.43. The van der Waals surface area contributed by atoms with Crippen LogP contribution in [0, 0.1) is 0 Å². The van der Waals surface area contributed by atoms with E-state index in [4.69, 9.17) is 21.1 Å². The summed E-state index contributed by atoms with van der Waals surface area (Å²) in [5.41, 5.74) is 0. The Hall–Kier alpha value is -1.80. The van der Waals surface area contributed by atoms with Crippen molar-refractivity contribution in [1.29, 1.82) is 0 Å². The first-order valence-corrected chi connectivity index (χ1v) is 10.7. The minimum Gasteiger partial charge on any atom is -0.497 e. The van der Waals surface area contributed by atoms with Crippen molar-refractivity contribution >= 4 is 21.6 Å². The van der Waals surface area contributed by atoms with Gasteiger partial charge in [0.25, 0.3) is 0 Å². The van der Waals surface area contributed by atoms with Gasteiger partial charge in [-0.25, -0.2) is 8.42 Å². The van der Waals surface area contributed by atoms with Crippen LogP contribution in [0.15, 0.2) is 53.4 Å². The summed E-state index contributed by atoms with van der Waals surface area (Å²) >= 11 is 5.86. The normalized spacial score (nSPS) is 16.2. The highest BCUT2D eigenvalue weighted by Gasteiger charge is 2.30. The number of nitrogens with one attached hydrogen (secondary N) is 1. The van der Waals surface area contributed by atoms with E-state index >= 15 is 0 Å². The minimum absolute atomic E-state index is 0.304. The van der Waals surface area contributed by atoms with Gasteiger partial charge in [-0.3, -0.25) is 0 Å². The van der Waals surface area contributed by atoms with Crippen molar-refractivity contribution in [3.8, 4) is 11.5 Å². The number of methoxy groups -OCH3 is 1. The van der Waals surface area contributed by atoms with Crippen LogP contribution >= 0.6 is 11.6 Å². The maximum atomic E-state index is 12.8. The van der Waals surface area contributed by atoms with Gasteiger partial charge < -0.3 is 14.4 Å². The van der Waals surface area contributed by atoms with Crippen LogP contribution in [0.2, 0.25) is 5.02 Å². The first-order valence-electron chi connectivity index (χ1n) is 8.85. The molecule has 3 rings (SSSR count). The molecule has 0 aromatic heterocycles. The molecule has 0 amide bonds. The van der Waals surface area contributed by atoms with Gasteiger partial charge >= 0.3 is 0 Å². The van der Waals surface area contributed by atoms with Gasteiger partial charge in [-0.2, -0.15) is 4.31 Å². The molecule has 0 spiro atoms. The zero-order valence-corrected chi connectivity index (χ0v) is 16.8. The molecule has 0 radical (unpaired) electrons. The monoisotopic (exact) mass is 411 g/mol. The lowest BCUT2D eigenvalue weighted by molar-refractivity contribution is -0.903. The second kappa shape index (κ2) is 8.93. The van der Waals surface area contributed by atoms with Crippen LogP contribution < -0.4 is 14.4 Å². The Morgan fingerprint density at radius 3 is 2.19 bits per heavy atom. The number of hydrogen-bond acceptors (Lipinski definition) is 4. The van der Waals surface area contributed by atoms with Gasteiger partial charge in [0.15, 0.2) is 0 Å². The summed E-state index contributed by atoms with van der Waals surface area (Å²) < 4.78 is 37.9. The third kappa shape index (κ3) is 5.13. The zero-order valence-electron chi connectivity index (χ0n) is 15.2. The first kappa shape index (κ1) is 19.9. The number of hydrogen-bond donors (Lipinski definition) is 1. The molecule has 6 nitrogen and oxygen atoms in total. The van der Waals surface area contributed by atoms with Gasteiger partial charge in [0.05, 0.1) is 38.2 Å². The predicted octanol–water partition coefficient (Wildman–Crippen LogP) is 1.32. The summed E-state index contributed by atoms with van der Waals surface area (Å²) in [6.07, 6.45) is 0. The zero-order chi connectivity index (χ0) is 19.3. The molecule has 0 bridgehead atoms. The van der Waals surface area contributed by atoms with Gasteiger partial charge in [-0.15, -0.1) is 0 Å². The molecule has 0 unspecified atom stereocenters. The largest absolute Gasteiger partial charge is 0.497 e. The quantitative estimate of drug-likeness (QED) is 0.746. The van der Waals surface area contributed by atoms with E-state index < -0.39 is 10.0 Å². The molecule has 0 atom stereocenters. The molecular weight excluding hydrogens is 388 g/mol. The van der Waals surface area contributed by atoms with Crippen LogP contribution in [0.1, 0.15) is 0 Å². The van der Waals surface area contributed by atoms with E-state index in [9.17, 15) is 8.42 Å². The summed E-state index contributed by atoms with van der Waals surface area (Å²) in [6, 6.07) is 13.8. The Bertz CT molecular complexity index is 833. The highest BCUT2D eigenvalue weighted by atomic mass is 35.5. The fourth-order valence-electron chi connectivity index (χ4n) is 3.03. The molecule has 146 valence electrons. The maximum Gasteiger partial charge on any atom is 0.243 e. The van der Waals surface area contributed by atoms with Gasteiger partial charge in [-0.05, 0) is 48.5 Å². The number of halogens is 1. The smallest absolute Gasteiger partial charge is 0.243 e. The highest BCUT2D eigenvalue weighted by molar-refractivity contribution is 7.89. The Morgan fingerprint density at radius 1 is 1.00 bits per heavy atom. The van der Waals surface area contributed by atoms with Gasteiger partial charge in [0, 0.05) is 5.02 Å². The Labute approximate surface area is 165 Å². The topological polar surface area (TPSA) is 60.3 Å². The maximum absolute atomic E-state index is 12.8. The van der Waals surface area contributed by atoms with E-state index in [2.05, 4.69) is 0 Å². The molecule has 2 aromatic rings. The van der Waals surface area contributed by atoms with Crippen molar-refractivity contribution in [3.05, 3.63) is 53.6 Å². The van der Waals surface area contributed by atoms with Gasteiger partial charge in [-0.1, -0.05) is 11.6 Å². The van der Waals surface area contributed by atoms with Crippen molar-refractivity contribution in [1.82, 2.24) is 4.31 Å². The lowest BCUT2D eigenvalue weighted by Gasteiger charge is -2.31. The molecule has 0 saturated carbocycles. The van der Waals surface area contributed by atoms with Crippen LogP contribution in [-0.2, 0) is 10.0 Å². The van der Waals surface area contributed by atoms with Crippen LogP contribution in [0.5, 0.6) is 11.5 Å². The number of sulfonamides is 1. The summed E-state index contributed by atoms with van der Waals surface area (Å²) in [7, 11) is -1.90. The minimum atomic E-state index is -3.46. The van der Waals surface area contributed by atoms with Crippen LogP contribution in [0.4, 0.5) is 0 Å². The second-order valence-corrected chi connectivity index (χ2v) is 8.76. The van der Waals surface area contributed by atoms with Crippen molar-refractivity contribution in [2.45, 2.75) is 4.90 Å². The predicted molar refractivity (Wildman–Crippen MR) is 104 cm³/mol. The lowest BCUT2D eigenvalue weighted by Crippen LogP contribution is -3.15. The number of rotatable bonds is 7. The van der Waals surface area contributed by atoms with Crippen LogP contribution in [0.25, 0.3) is 0 Å². The standard InChI is InChI=1S/C19H23ClN2O4S/c1-25-17-6-8-19(9-7-17)27(23,24)22-12-10-21(11-13-22)14-15-26-18-4-2-16(20)3-5-18/h2-9H,10-15H2,1H3/p+1. The number of nitrogens with zero attached hydrogens (tertiary/aromatic N) is 1. The molecule has 1 N–H and O–H groups in total. The fourth-order valence-corrected chi connectivity index (χ4v) is 4.60. The van der Waals surface area contributed by atoms with Crippen LogP contribution in [-0.4, -0.2) is 59.2 Å². The fraction of sp³-hybridized carbons (Fsp3) is 0.368. The Morgan fingerprint density at radius 2 is 1.59 bits per heavy atom. The second-order valence-electron chi connectivity index (χ2n) is 6.38. The molecule has 2 aromatic carbocycles. The van der Waals surface area contributed by atoms with Crippen molar-refractivity contribution in [2.24, 2.45) is 0 Å². The number of quaternary nitrogens is 1. The molecule has 8 heteroatoms. The average Bonchev–Trinajstić information content (AvgIpc) is 2.70. The lowest BCUT2D eigenvalue weighted by atomic mass is 10.3. The first-order chi connectivity index (χ1) is 13.0. The molecule has 1 aliphatic heterocycles. The average molecular weight is 412 g/mol. The molecule has 1 aliphatic rings. The molecule has 0 aliphatic carbocycles. The summed E-state index contributed by atoms with van der Waals surface area (Å²) in [5, 5.41) is 0.683. The number of piperazine rings is 1. The third-order valence-electron chi connectivity index (χ3n) is 4.66. The third-order valence-corrected chi connectivity index (χ3v) is 6.83. The van der Waals surface area contributed by atoms with Gasteiger partial charge in [0.1, 0.15) is 24.7 Å². The number of ether oxygens (including phenoxy) is 2. The summed E-state index contributed by atoms with van der Waals surface area (Å²) in [4.78, 5) is 1.64. The van der Waals surface area contributed by atoms with Crippen LogP contribution in [0.3, 0.4) is 0 Å².